The van der Waals surface area contributed by atoms with Crippen LogP contribution in [0.5, 0.6) is 0 Å². The van der Waals surface area contributed by atoms with E-state index in [9.17, 15) is 27.6 Å². The summed E-state index contributed by atoms with van der Waals surface area (Å²) in [4.78, 5) is 47.8. The number of benzene rings is 2. The number of hydrogen-bond acceptors (Lipinski definition) is 7. The maximum absolute atomic E-state index is 15.8. The molecule has 11 nitrogen and oxygen atoms in total. The molecule has 0 radical (unpaired) electrons. The number of carbonyl (C=O) groups is 3. The van der Waals surface area contributed by atoms with Gasteiger partial charge in [-0.1, -0.05) is 18.2 Å². The number of hydrogen-bond donors (Lipinski definition) is 2. The molecule has 3 aromatic heterocycles. The SMILES string of the molecule is O=C1CCN(c2cncc3cc(C4CCN(CC5CCC(n6cc7cc(NC(=O)c8cccc(C(F)(F)F)n8)ccc7n6)CC5)CC4(F)F)ccc23)C(=O)N1. The van der Waals surface area contributed by atoms with Gasteiger partial charge in [-0.3, -0.25) is 34.4 Å². The van der Waals surface area contributed by atoms with Gasteiger partial charge in [0, 0.05) is 53.8 Å². The lowest BCUT2D eigenvalue weighted by Gasteiger charge is -2.41. The molecule has 1 aliphatic carbocycles. The van der Waals surface area contributed by atoms with Crippen molar-refractivity contribution in [1.82, 2.24) is 30.0 Å². The van der Waals surface area contributed by atoms with Gasteiger partial charge in [0.25, 0.3) is 11.8 Å². The number of alkyl halides is 5. The van der Waals surface area contributed by atoms with E-state index in [1.165, 1.54) is 11.0 Å². The van der Waals surface area contributed by atoms with E-state index < -0.39 is 35.6 Å². The number of amides is 4. The van der Waals surface area contributed by atoms with Gasteiger partial charge in [-0.05, 0) is 86.5 Å². The predicted molar refractivity (Wildman–Crippen MR) is 194 cm³/mol. The summed E-state index contributed by atoms with van der Waals surface area (Å²) in [6.45, 7) is 1.02. The van der Waals surface area contributed by atoms with Crippen molar-refractivity contribution in [2.75, 3.05) is 36.4 Å². The molecule has 8 rings (SSSR count). The van der Waals surface area contributed by atoms with Crippen molar-refractivity contribution < 1.29 is 36.3 Å². The average Bonchev–Trinajstić information content (AvgIpc) is 3.58. The summed E-state index contributed by atoms with van der Waals surface area (Å²) < 4.78 is 72.7. The lowest BCUT2D eigenvalue weighted by molar-refractivity contribution is -0.141. The first kappa shape index (κ1) is 36.5. The van der Waals surface area contributed by atoms with Crippen LogP contribution in [0.1, 0.15) is 72.2 Å². The van der Waals surface area contributed by atoms with E-state index in [4.69, 9.17) is 5.10 Å². The third-order valence-electron chi connectivity index (χ3n) is 10.9. The second kappa shape index (κ2) is 14.3. The molecule has 5 aromatic rings. The molecule has 2 N–H and O–H groups in total. The van der Waals surface area contributed by atoms with Gasteiger partial charge in [-0.25, -0.2) is 18.6 Å². The Kier molecular flexibility index (Phi) is 9.47. The Bertz CT molecular complexity index is 2290. The lowest BCUT2D eigenvalue weighted by atomic mass is 9.83. The van der Waals surface area contributed by atoms with Crippen LogP contribution < -0.4 is 15.5 Å². The van der Waals surface area contributed by atoms with Crippen molar-refractivity contribution in [3.05, 3.63) is 90.1 Å². The van der Waals surface area contributed by atoms with Gasteiger partial charge in [0.1, 0.15) is 11.4 Å². The van der Waals surface area contributed by atoms with Gasteiger partial charge in [0.05, 0.1) is 35.9 Å². The maximum atomic E-state index is 15.8. The van der Waals surface area contributed by atoms with Crippen molar-refractivity contribution in [3.8, 4) is 0 Å². The number of nitrogens with one attached hydrogen (secondary N) is 2. The molecule has 2 aromatic carbocycles. The molecule has 0 bridgehead atoms. The zero-order chi connectivity index (χ0) is 38.5. The van der Waals surface area contributed by atoms with E-state index in [1.807, 2.05) is 15.8 Å². The number of rotatable bonds is 7. The molecule has 3 fully saturated rings. The topological polar surface area (TPSA) is 125 Å². The van der Waals surface area contributed by atoms with Crippen molar-refractivity contribution in [2.45, 2.75) is 62.6 Å². The van der Waals surface area contributed by atoms with E-state index >= 15 is 8.78 Å². The van der Waals surface area contributed by atoms with Gasteiger partial charge in [0.15, 0.2) is 0 Å². The minimum Gasteiger partial charge on any atom is -0.321 e. The molecule has 0 spiro atoms. The molecule has 1 saturated carbocycles. The van der Waals surface area contributed by atoms with Crippen LogP contribution in [0.3, 0.4) is 0 Å². The fourth-order valence-electron chi connectivity index (χ4n) is 8.16. The number of carbonyl (C=O) groups excluding carboxylic acids is 3. The largest absolute Gasteiger partial charge is 0.433 e. The number of aromatic nitrogens is 4. The van der Waals surface area contributed by atoms with Crippen LogP contribution >= 0.6 is 0 Å². The quantitative estimate of drug-likeness (QED) is 0.164. The van der Waals surface area contributed by atoms with Crippen LogP contribution in [0.2, 0.25) is 0 Å². The summed E-state index contributed by atoms with van der Waals surface area (Å²) in [5.74, 6) is -4.73. The zero-order valence-corrected chi connectivity index (χ0v) is 29.5. The van der Waals surface area contributed by atoms with Crippen molar-refractivity contribution in [3.63, 3.8) is 0 Å². The molecule has 4 amide bonds. The van der Waals surface area contributed by atoms with Crippen LogP contribution in [0.4, 0.5) is 38.1 Å². The first-order valence-corrected chi connectivity index (χ1v) is 18.2. The third-order valence-corrected chi connectivity index (χ3v) is 10.9. The molecular weight excluding hydrogens is 723 g/mol. The summed E-state index contributed by atoms with van der Waals surface area (Å²) in [5.41, 5.74) is 0.671. The molecule has 2 aliphatic heterocycles. The molecule has 1 unspecified atom stereocenters. The van der Waals surface area contributed by atoms with Gasteiger partial charge < -0.3 is 5.32 Å². The molecule has 2 saturated heterocycles. The van der Waals surface area contributed by atoms with Crippen molar-refractivity contribution in [2.24, 2.45) is 5.92 Å². The monoisotopic (exact) mass is 760 g/mol. The Labute approximate surface area is 311 Å². The Morgan fingerprint density at radius 3 is 2.53 bits per heavy atom. The van der Waals surface area contributed by atoms with Gasteiger partial charge in [0.2, 0.25) is 5.91 Å². The maximum Gasteiger partial charge on any atom is 0.433 e. The van der Waals surface area contributed by atoms with E-state index in [-0.39, 0.29) is 43.1 Å². The number of halogens is 5. The summed E-state index contributed by atoms with van der Waals surface area (Å²) in [6, 6.07) is 13.1. The van der Waals surface area contributed by atoms with Crippen molar-refractivity contribution in [1.29, 1.82) is 0 Å². The molecular formula is C39H37F5N8O3. The number of piperidine rings is 1. The molecule has 3 aliphatic rings. The highest BCUT2D eigenvalue weighted by Gasteiger charge is 2.46. The number of imide groups is 1. The lowest BCUT2D eigenvalue weighted by Crippen LogP contribution is -2.49. The zero-order valence-electron chi connectivity index (χ0n) is 29.5. The van der Waals surface area contributed by atoms with E-state index in [2.05, 4.69) is 20.6 Å². The molecule has 5 heterocycles. The first-order valence-electron chi connectivity index (χ1n) is 18.2. The minimum absolute atomic E-state index is 0.123. The van der Waals surface area contributed by atoms with Gasteiger partial charge >= 0.3 is 12.2 Å². The third kappa shape index (κ3) is 7.59. The standard InChI is InChI=1S/C39H37F5N8O3/c40-38(41)22-50(14-12-30(38)24-6-10-29-25(16-24)18-45-19-33(29)51-15-13-35(53)48-37(51)55)20-23-4-8-28(9-5-23)52-21-26-17-27(7-11-31(26)49-52)46-36(54)32-2-1-3-34(47-32)39(42,43)44/h1-3,6-7,10-11,16-19,21,23,28,30H,4-5,8-9,12-15,20,22H2,(H,46,54)(H,48,53,55). The number of likely N-dealkylation sites (tertiary alicyclic amines) is 1. The Morgan fingerprint density at radius 2 is 1.76 bits per heavy atom. The van der Waals surface area contributed by atoms with E-state index in [1.54, 1.807) is 48.8 Å². The molecule has 1 atom stereocenters. The van der Waals surface area contributed by atoms with Crippen LogP contribution in [0.25, 0.3) is 21.7 Å². The van der Waals surface area contributed by atoms with Crippen molar-refractivity contribution >= 4 is 50.9 Å². The number of anilines is 2. The van der Waals surface area contributed by atoms with E-state index in [0.29, 0.717) is 52.7 Å². The van der Waals surface area contributed by atoms with Crippen LogP contribution in [-0.4, -0.2) is 74.6 Å². The number of fused-ring (bicyclic) bond motifs is 2. The molecule has 286 valence electrons. The fraction of sp³-hybridized carbons (Fsp3) is 0.385. The summed E-state index contributed by atoms with van der Waals surface area (Å²) in [6.07, 6.45) is 4.23. The second-order valence-electron chi connectivity index (χ2n) is 14.6. The van der Waals surface area contributed by atoms with Gasteiger partial charge in [-0.2, -0.15) is 18.3 Å². The highest BCUT2D eigenvalue weighted by atomic mass is 19.4. The summed E-state index contributed by atoms with van der Waals surface area (Å²) in [7, 11) is 0. The Morgan fingerprint density at radius 1 is 0.945 bits per heavy atom. The Balaban J connectivity index is 0.858. The van der Waals surface area contributed by atoms with Crippen LogP contribution in [0.15, 0.2) is 73.2 Å². The highest BCUT2D eigenvalue weighted by Crippen LogP contribution is 2.43. The molecule has 16 heteroatoms. The van der Waals surface area contributed by atoms with Gasteiger partial charge in [-0.15, -0.1) is 0 Å². The number of pyridine rings is 2. The van der Waals surface area contributed by atoms with E-state index in [0.717, 1.165) is 43.2 Å². The molecule has 55 heavy (non-hydrogen) atoms. The Hall–Kier alpha value is -5.51. The first-order chi connectivity index (χ1) is 26.3. The fourth-order valence-corrected chi connectivity index (χ4v) is 8.16. The number of urea groups is 1. The van der Waals surface area contributed by atoms with Crippen LogP contribution in [-0.2, 0) is 11.0 Å². The number of nitrogens with zero attached hydrogens (tertiary/aromatic N) is 6. The summed E-state index contributed by atoms with van der Waals surface area (Å²) >= 11 is 0. The predicted octanol–water partition coefficient (Wildman–Crippen LogP) is 7.55. The summed E-state index contributed by atoms with van der Waals surface area (Å²) in [5, 5.41) is 11.8. The normalized spacial score (nSPS) is 22.2. The second-order valence-corrected chi connectivity index (χ2v) is 14.6. The smallest absolute Gasteiger partial charge is 0.321 e. The van der Waals surface area contributed by atoms with Crippen LogP contribution in [0, 0.1) is 5.92 Å². The highest BCUT2D eigenvalue weighted by molar-refractivity contribution is 6.09. The average molecular weight is 761 g/mol. The minimum atomic E-state index is -4.66.